The van der Waals surface area contributed by atoms with E-state index in [0.29, 0.717) is 37.7 Å². The Balaban J connectivity index is 1.51. The molecule has 3 heterocycles. The Morgan fingerprint density at radius 3 is 2.54 bits per heavy atom. The second-order valence-electron chi connectivity index (χ2n) is 10.3. The highest BCUT2D eigenvalue weighted by molar-refractivity contribution is 7.90. The smallest absolute Gasteiger partial charge is 0.409 e. The van der Waals surface area contributed by atoms with Gasteiger partial charge >= 0.3 is 6.09 Å². The predicted octanol–water partition coefficient (Wildman–Crippen LogP) is 5.30. The molecule has 3 aromatic rings. The molecule has 9 heteroatoms. The van der Waals surface area contributed by atoms with Crippen LogP contribution in [0.15, 0.2) is 47.6 Å². The maximum absolute atomic E-state index is 13.8. The van der Waals surface area contributed by atoms with Crippen molar-refractivity contribution in [3.63, 3.8) is 0 Å². The predicted molar refractivity (Wildman–Crippen MR) is 145 cm³/mol. The van der Waals surface area contributed by atoms with Gasteiger partial charge in [-0.25, -0.2) is 22.2 Å². The van der Waals surface area contributed by atoms with Gasteiger partial charge in [-0.05, 0) is 62.8 Å². The van der Waals surface area contributed by atoms with Crippen molar-refractivity contribution in [1.82, 2.24) is 13.9 Å². The molecular formula is C28H36N4O4S. The average Bonchev–Trinajstić information content (AvgIpc) is 3.23. The number of benzene rings is 1. The van der Waals surface area contributed by atoms with Crippen LogP contribution >= 0.6 is 0 Å². The zero-order valence-corrected chi connectivity index (χ0v) is 22.7. The topological polar surface area (TPSA) is 84.7 Å². The molecule has 2 aromatic heterocycles. The van der Waals surface area contributed by atoms with Gasteiger partial charge in [-0.3, -0.25) is 0 Å². The number of rotatable bonds is 7. The van der Waals surface area contributed by atoms with Crippen LogP contribution in [0.4, 0.5) is 10.6 Å². The number of aryl methyl sites for hydroxylation is 1. The van der Waals surface area contributed by atoms with E-state index in [1.807, 2.05) is 25.3 Å². The first-order chi connectivity index (χ1) is 17.8. The van der Waals surface area contributed by atoms with Crippen LogP contribution in [-0.2, 0) is 14.8 Å². The van der Waals surface area contributed by atoms with Gasteiger partial charge in [0.2, 0.25) is 0 Å². The Kier molecular flexibility index (Phi) is 7.16. The Morgan fingerprint density at radius 2 is 1.89 bits per heavy atom. The van der Waals surface area contributed by atoms with Crippen LogP contribution in [-0.4, -0.2) is 60.7 Å². The monoisotopic (exact) mass is 524 g/mol. The molecule has 37 heavy (non-hydrogen) atoms. The normalized spacial score (nSPS) is 18.7. The lowest BCUT2D eigenvalue weighted by Gasteiger charge is -2.40. The number of carbonyl (C=O) groups excluding carboxylic acids is 1. The van der Waals surface area contributed by atoms with Crippen LogP contribution in [0.1, 0.15) is 63.0 Å². The Morgan fingerprint density at radius 1 is 1.14 bits per heavy atom. The van der Waals surface area contributed by atoms with Gasteiger partial charge in [0.1, 0.15) is 5.82 Å². The van der Waals surface area contributed by atoms with Gasteiger partial charge in [0.15, 0.2) is 0 Å². The average molecular weight is 525 g/mol. The summed E-state index contributed by atoms with van der Waals surface area (Å²) in [5.74, 6) is 1.12. The number of hydrogen-bond acceptors (Lipinski definition) is 6. The molecule has 1 atom stereocenters. The largest absolute Gasteiger partial charge is 0.449 e. The summed E-state index contributed by atoms with van der Waals surface area (Å²) >= 11 is 0. The molecule has 198 valence electrons. The van der Waals surface area contributed by atoms with Crippen LogP contribution in [0.5, 0.6) is 0 Å². The highest BCUT2D eigenvalue weighted by Gasteiger charge is 2.33. The highest BCUT2D eigenvalue weighted by Crippen LogP contribution is 2.44. The van der Waals surface area contributed by atoms with Crippen LogP contribution in [0.2, 0.25) is 0 Å². The summed E-state index contributed by atoms with van der Waals surface area (Å²) in [5.41, 5.74) is 2.72. The van der Waals surface area contributed by atoms with E-state index in [4.69, 9.17) is 9.72 Å². The lowest BCUT2D eigenvalue weighted by molar-refractivity contribution is 0.0944. The van der Waals surface area contributed by atoms with E-state index in [0.717, 1.165) is 54.4 Å². The first kappa shape index (κ1) is 25.6. The number of fused-ring (bicyclic) bond motifs is 1. The van der Waals surface area contributed by atoms with Crippen LogP contribution in [0.3, 0.4) is 0 Å². The van der Waals surface area contributed by atoms with Gasteiger partial charge in [0, 0.05) is 43.5 Å². The van der Waals surface area contributed by atoms with Crippen molar-refractivity contribution in [3.05, 3.63) is 53.9 Å². The van der Waals surface area contributed by atoms with Gasteiger partial charge in [-0.15, -0.1) is 0 Å². The third kappa shape index (κ3) is 4.81. The quantitative estimate of drug-likeness (QED) is 0.390. The van der Waals surface area contributed by atoms with Crippen molar-refractivity contribution in [2.75, 3.05) is 31.1 Å². The molecule has 0 unspecified atom stereocenters. The van der Waals surface area contributed by atoms with Crippen molar-refractivity contribution in [1.29, 1.82) is 0 Å². The minimum Gasteiger partial charge on any atom is -0.449 e. The molecule has 1 aliphatic heterocycles. The van der Waals surface area contributed by atoms with E-state index in [9.17, 15) is 13.2 Å². The highest BCUT2D eigenvalue weighted by atomic mass is 32.2. The van der Waals surface area contributed by atoms with Crippen LogP contribution < -0.4 is 4.90 Å². The first-order valence-corrected chi connectivity index (χ1v) is 14.8. The third-order valence-corrected chi connectivity index (χ3v) is 9.38. The molecule has 5 rings (SSSR count). The summed E-state index contributed by atoms with van der Waals surface area (Å²) in [5, 5.41) is 0.911. The molecule has 0 N–H and O–H groups in total. The Labute approximate surface area is 219 Å². The maximum atomic E-state index is 13.8. The standard InChI is InChI=1S/C28H36N4O4S/c1-4-5-17-36-28(33)30-15-16-31(21(3)18-30)27-26-24(22-7-6-8-22)19-32(25(26)13-14-29-27)37(34,35)23-11-9-20(2)10-12-23/h9-14,19,21-22H,4-8,15-18H2,1-3H3/t21-/m0/s1. The fourth-order valence-electron chi connectivity index (χ4n) is 5.26. The number of aromatic nitrogens is 2. The van der Waals surface area contributed by atoms with Crippen molar-refractivity contribution >= 4 is 32.8 Å². The number of unbranched alkanes of at least 4 members (excludes halogenated alkanes) is 1. The van der Waals surface area contributed by atoms with E-state index in [1.165, 1.54) is 3.97 Å². The molecule has 8 nitrogen and oxygen atoms in total. The van der Waals surface area contributed by atoms with Crippen LogP contribution in [0.25, 0.3) is 10.9 Å². The third-order valence-electron chi connectivity index (χ3n) is 7.70. The molecule has 2 aliphatic rings. The van der Waals surface area contributed by atoms with E-state index < -0.39 is 10.0 Å². The van der Waals surface area contributed by atoms with Gasteiger partial charge in [-0.1, -0.05) is 37.5 Å². The minimum absolute atomic E-state index is 0.0110. The lowest BCUT2D eigenvalue weighted by atomic mass is 9.80. The van der Waals surface area contributed by atoms with E-state index in [2.05, 4.69) is 18.7 Å². The van der Waals surface area contributed by atoms with Gasteiger partial charge in [-0.2, -0.15) is 0 Å². The van der Waals surface area contributed by atoms with Gasteiger partial charge < -0.3 is 14.5 Å². The number of carbonyl (C=O) groups is 1. The molecule has 0 spiro atoms. The number of ether oxygens (including phenoxy) is 1. The SMILES string of the molecule is CCCCOC(=O)N1CCN(c2nccc3c2c(C2CCC2)cn3S(=O)(=O)c2ccc(C)cc2)[C@@H](C)C1. The summed E-state index contributed by atoms with van der Waals surface area (Å²) in [6.07, 6.45) is 8.33. The molecule has 1 aliphatic carbocycles. The first-order valence-electron chi connectivity index (χ1n) is 13.3. The number of amides is 1. The second kappa shape index (κ2) is 10.4. The van der Waals surface area contributed by atoms with E-state index >= 15 is 0 Å². The van der Waals surface area contributed by atoms with Crippen LogP contribution in [0, 0.1) is 6.92 Å². The molecular weight excluding hydrogens is 488 g/mol. The second-order valence-corrected chi connectivity index (χ2v) is 12.1. The molecule has 0 radical (unpaired) electrons. The molecule has 2 fully saturated rings. The van der Waals surface area contributed by atoms with E-state index in [-0.39, 0.29) is 17.0 Å². The fraction of sp³-hybridized carbons (Fsp3) is 0.500. The number of hydrogen-bond donors (Lipinski definition) is 0. The zero-order valence-electron chi connectivity index (χ0n) is 21.9. The van der Waals surface area contributed by atoms with E-state index in [1.54, 1.807) is 29.3 Å². The van der Waals surface area contributed by atoms with Crippen molar-refractivity contribution < 1.29 is 17.9 Å². The van der Waals surface area contributed by atoms with Crippen molar-refractivity contribution in [2.45, 2.75) is 69.7 Å². The fourth-order valence-corrected chi connectivity index (χ4v) is 6.63. The molecule has 1 saturated heterocycles. The summed E-state index contributed by atoms with van der Waals surface area (Å²) in [7, 11) is -3.77. The van der Waals surface area contributed by atoms with Gasteiger partial charge in [0.05, 0.1) is 17.0 Å². The Hall–Kier alpha value is -3.07. The number of pyridine rings is 1. The molecule has 1 saturated carbocycles. The Bertz CT molecular complexity index is 1380. The maximum Gasteiger partial charge on any atom is 0.409 e. The number of nitrogens with zero attached hydrogens (tertiary/aromatic N) is 4. The number of anilines is 1. The number of piperazine rings is 1. The summed E-state index contributed by atoms with van der Waals surface area (Å²) < 4.78 is 34.4. The lowest BCUT2D eigenvalue weighted by Crippen LogP contribution is -2.54. The summed E-state index contributed by atoms with van der Waals surface area (Å²) in [6.45, 7) is 8.21. The summed E-state index contributed by atoms with van der Waals surface area (Å²) in [4.78, 5) is 21.6. The summed E-state index contributed by atoms with van der Waals surface area (Å²) in [6, 6.07) is 8.81. The molecule has 1 amide bonds. The minimum atomic E-state index is -3.77. The molecule has 1 aromatic carbocycles. The zero-order chi connectivity index (χ0) is 26.2. The van der Waals surface area contributed by atoms with Crippen molar-refractivity contribution in [3.8, 4) is 0 Å². The van der Waals surface area contributed by atoms with Crippen molar-refractivity contribution in [2.24, 2.45) is 0 Å². The van der Waals surface area contributed by atoms with Gasteiger partial charge in [0.25, 0.3) is 10.0 Å². The molecule has 0 bridgehead atoms.